The molecule has 3 rings (SSSR count). The Bertz CT molecular complexity index is 827. The van der Waals surface area contributed by atoms with Gasteiger partial charge in [0.05, 0.1) is 17.2 Å². The first kappa shape index (κ1) is 21.3. The Morgan fingerprint density at radius 2 is 1.93 bits per heavy atom. The van der Waals surface area contributed by atoms with E-state index in [0.29, 0.717) is 19.1 Å². The molecule has 1 amide bonds. The summed E-state index contributed by atoms with van der Waals surface area (Å²) in [5.74, 6) is -1.32. The average molecular weight is 433 g/mol. The van der Waals surface area contributed by atoms with Crippen molar-refractivity contribution >= 4 is 27.7 Å². The zero-order valence-corrected chi connectivity index (χ0v) is 17.5. The van der Waals surface area contributed by atoms with Crippen LogP contribution in [0.15, 0.2) is 12.1 Å². The van der Waals surface area contributed by atoms with Crippen molar-refractivity contribution in [1.29, 1.82) is 0 Å². The van der Waals surface area contributed by atoms with Gasteiger partial charge >= 0.3 is 10.2 Å². The summed E-state index contributed by atoms with van der Waals surface area (Å²) in [5, 5.41) is 0.0771. The number of rotatable bonds is 6. The maximum atomic E-state index is 14.5. The fraction of sp³-hybridized carbons (Fsp3) is 0.632. The Hall–Kier alpha value is -1.38. The van der Waals surface area contributed by atoms with Crippen molar-refractivity contribution in [2.24, 2.45) is 5.92 Å². The Kier molecular flexibility index (Phi) is 6.83. The van der Waals surface area contributed by atoms with Gasteiger partial charge in [-0.05, 0) is 44.6 Å². The van der Waals surface area contributed by atoms with Gasteiger partial charge in [-0.3, -0.25) is 4.79 Å². The number of nitrogens with zero attached hydrogens (tertiary/aromatic N) is 1. The monoisotopic (exact) mass is 432 g/mol. The van der Waals surface area contributed by atoms with Crippen LogP contribution < -0.4 is 9.46 Å². The van der Waals surface area contributed by atoms with Crippen LogP contribution in [0.5, 0.6) is 5.75 Å². The van der Waals surface area contributed by atoms with E-state index in [-0.39, 0.29) is 16.8 Å². The summed E-state index contributed by atoms with van der Waals surface area (Å²) in [7, 11) is -4.05. The van der Waals surface area contributed by atoms with Crippen LogP contribution in [0.1, 0.15) is 62.2 Å². The van der Waals surface area contributed by atoms with E-state index in [1.165, 1.54) is 17.1 Å². The van der Waals surface area contributed by atoms with Gasteiger partial charge in [-0.15, -0.1) is 0 Å². The molecular formula is C19H26ClFN2O4S. The maximum absolute atomic E-state index is 14.5. The standard InChI is InChI=1S/C19H26ClFN2O4S/c1-13-6-4-5-9-23(13)28(25,26)22-19(24)15-10-16(20)18(11-17(15)21)27-12-14-7-2-3-8-14/h10-11,13-14H,2-9,12H2,1H3,(H,22,24)/t13-/m1/s1. The highest BCUT2D eigenvalue weighted by Gasteiger charge is 2.32. The number of benzene rings is 1. The Morgan fingerprint density at radius 1 is 1.25 bits per heavy atom. The zero-order chi connectivity index (χ0) is 20.3. The predicted octanol–water partition coefficient (Wildman–Crippen LogP) is 3.90. The van der Waals surface area contributed by atoms with Crippen molar-refractivity contribution in [2.75, 3.05) is 13.2 Å². The van der Waals surface area contributed by atoms with Crippen LogP contribution >= 0.6 is 11.6 Å². The minimum atomic E-state index is -4.05. The molecule has 0 radical (unpaired) electrons. The summed E-state index contributed by atoms with van der Waals surface area (Å²) in [6.45, 7) is 2.57. The molecule has 0 bridgehead atoms. The smallest absolute Gasteiger partial charge is 0.304 e. The highest BCUT2D eigenvalue weighted by Crippen LogP contribution is 2.31. The van der Waals surface area contributed by atoms with Crippen LogP contribution in [0.25, 0.3) is 0 Å². The van der Waals surface area contributed by atoms with Gasteiger partial charge in [-0.1, -0.05) is 30.9 Å². The molecule has 2 aliphatic rings. The third-order valence-electron chi connectivity index (χ3n) is 5.49. The lowest BCUT2D eigenvalue weighted by atomic mass is 10.1. The van der Waals surface area contributed by atoms with Gasteiger partial charge in [0.15, 0.2) is 0 Å². The van der Waals surface area contributed by atoms with E-state index < -0.39 is 27.5 Å². The lowest BCUT2D eigenvalue weighted by Gasteiger charge is -2.31. The summed E-state index contributed by atoms with van der Waals surface area (Å²) in [6.07, 6.45) is 6.88. The number of hydrogen-bond acceptors (Lipinski definition) is 4. The number of nitrogens with one attached hydrogen (secondary N) is 1. The van der Waals surface area contributed by atoms with E-state index in [2.05, 4.69) is 0 Å². The highest BCUT2D eigenvalue weighted by molar-refractivity contribution is 7.87. The lowest BCUT2D eigenvalue weighted by Crippen LogP contribution is -2.49. The first-order valence-corrected chi connectivity index (χ1v) is 11.6. The topological polar surface area (TPSA) is 75.7 Å². The van der Waals surface area contributed by atoms with Gasteiger partial charge in [-0.2, -0.15) is 12.7 Å². The second-order valence-electron chi connectivity index (χ2n) is 7.62. The van der Waals surface area contributed by atoms with Crippen molar-refractivity contribution in [3.05, 3.63) is 28.5 Å². The number of hydrogen-bond donors (Lipinski definition) is 1. The molecule has 6 nitrogen and oxygen atoms in total. The number of carbonyl (C=O) groups excluding carboxylic acids is 1. The van der Waals surface area contributed by atoms with Crippen molar-refractivity contribution < 1.29 is 22.3 Å². The third kappa shape index (κ3) is 4.96. The van der Waals surface area contributed by atoms with E-state index >= 15 is 0 Å². The molecule has 1 aliphatic heterocycles. The fourth-order valence-corrected chi connectivity index (χ4v) is 5.49. The van der Waals surface area contributed by atoms with Crippen LogP contribution in [0, 0.1) is 11.7 Å². The second kappa shape index (κ2) is 8.97. The minimum Gasteiger partial charge on any atom is -0.492 e. The largest absolute Gasteiger partial charge is 0.492 e. The first-order valence-electron chi connectivity index (χ1n) is 9.73. The molecule has 9 heteroatoms. The average Bonchev–Trinajstić information content (AvgIpc) is 3.15. The number of carbonyl (C=O) groups is 1. The van der Waals surface area contributed by atoms with Crippen LogP contribution in [-0.2, 0) is 10.2 Å². The third-order valence-corrected chi connectivity index (χ3v) is 7.39. The Labute approximate surface area is 170 Å². The van der Waals surface area contributed by atoms with Gasteiger partial charge in [0.1, 0.15) is 11.6 Å². The van der Waals surface area contributed by atoms with Crippen LogP contribution in [0.4, 0.5) is 4.39 Å². The number of halogens is 2. The maximum Gasteiger partial charge on any atom is 0.304 e. The summed E-state index contributed by atoms with van der Waals surface area (Å²) in [6, 6.07) is 1.95. The number of amides is 1. The van der Waals surface area contributed by atoms with Gasteiger partial charge < -0.3 is 4.74 Å². The quantitative estimate of drug-likeness (QED) is 0.739. The second-order valence-corrected chi connectivity index (χ2v) is 9.65. The molecule has 1 heterocycles. The molecule has 1 N–H and O–H groups in total. The van der Waals surface area contributed by atoms with E-state index in [9.17, 15) is 17.6 Å². The molecule has 1 aromatic rings. The van der Waals surface area contributed by atoms with Crippen molar-refractivity contribution in [3.63, 3.8) is 0 Å². The number of ether oxygens (including phenoxy) is 1. The van der Waals surface area contributed by atoms with Crippen molar-refractivity contribution in [3.8, 4) is 5.75 Å². The van der Waals surface area contributed by atoms with Gasteiger partial charge in [0.25, 0.3) is 5.91 Å². The molecule has 1 saturated heterocycles. The Morgan fingerprint density at radius 3 is 2.61 bits per heavy atom. The van der Waals surface area contributed by atoms with Crippen molar-refractivity contribution in [2.45, 2.75) is 57.9 Å². The highest BCUT2D eigenvalue weighted by atomic mass is 35.5. The van der Waals surface area contributed by atoms with E-state index in [1.54, 1.807) is 6.92 Å². The predicted molar refractivity (Wildman–Crippen MR) is 105 cm³/mol. The normalized spacial score (nSPS) is 21.6. The SMILES string of the molecule is C[C@@H]1CCCCN1S(=O)(=O)NC(=O)c1cc(Cl)c(OCC2CCCC2)cc1F. The molecule has 1 aromatic carbocycles. The fourth-order valence-electron chi connectivity index (χ4n) is 3.86. The van der Waals surface area contributed by atoms with Crippen LogP contribution in [0.3, 0.4) is 0 Å². The van der Waals surface area contributed by atoms with Gasteiger partial charge in [-0.25, -0.2) is 9.11 Å². The summed E-state index contributed by atoms with van der Waals surface area (Å²) >= 11 is 6.14. The van der Waals surface area contributed by atoms with Crippen LogP contribution in [0.2, 0.25) is 5.02 Å². The molecule has 1 aliphatic carbocycles. The van der Waals surface area contributed by atoms with E-state index in [0.717, 1.165) is 44.2 Å². The Balaban J connectivity index is 1.70. The zero-order valence-electron chi connectivity index (χ0n) is 15.9. The van der Waals surface area contributed by atoms with Crippen molar-refractivity contribution in [1.82, 2.24) is 9.03 Å². The summed E-state index contributed by atoms with van der Waals surface area (Å²) in [5.41, 5.74) is -0.425. The van der Waals surface area contributed by atoms with Gasteiger partial charge in [0, 0.05) is 18.7 Å². The number of piperidine rings is 1. The minimum absolute atomic E-state index is 0.0771. The summed E-state index contributed by atoms with van der Waals surface area (Å²) < 4.78 is 48.3. The molecule has 2 fully saturated rings. The van der Waals surface area contributed by atoms with E-state index in [1.807, 2.05) is 4.72 Å². The lowest BCUT2D eigenvalue weighted by molar-refractivity contribution is 0.0973. The molecule has 1 saturated carbocycles. The molecule has 0 aromatic heterocycles. The molecular weight excluding hydrogens is 407 g/mol. The molecule has 0 unspecified atom stereocenters. The van der Waals surface area contributed by atoms with E-state index in [4.69, 9.17) is 16.3 Å². The summed E-state index contributed by atoms with van der Waals surface area (Å²) in [4.78, 5) is 12.4. The molecule has 28 heavy (non-hydrogen) atoms. The molecule has 156 valence electrons. The first-order chi connectivity index (χ1) is 13.3. The molecule has 0 spiro atoms. The van der Waals surface area contributed by atoms with Gasteiger partial charge in [0.2, 0.25) is 0 Å². The van der Waals surface area contributed by atoms with Crippen LogP contribution in [-0.4, -0.2) is 37.8 Å². The molecule has 1 atom stereocenters.